The molecule has 0 aromatic heterocycles. The van der Waals surface area contributed by atoms with Crippen molar-refractivity contribution in [1.82, 2.24) is 0 Å². The summed E-state index contributed by atoms with van der Waals surface area (Å²) in [6.07, 6.45) is 0.0449. The van der Waals surface area contributed by atoms with Crippen molar-refractivity contribution < 1.29 is 14.3 Å². The summed E-state index contributed by atoms with van der Waals surface area (Å²) in [6.45, 7) is 9.88. The van der Waals surface area contributed by atoms with Crippen LogP contribution in [-0.2, 0) is 9.59 Å². The summed E-state index contributed by atoms with van der Waals surface area (Å²) in [6, 6.07) is 20.6. The molecule has 1 N–H and O–H groups in total. The molecule has 1 aliphatic heterocycles. The monoisotopic (exact) mass is 440 g/mol. The van der Waals surface area contributed by atoms with Gasteiger partial charge in [0, 0.05) is 5.69 Å². The van der Waals surface area contributed by atoms with E-state index in [4.69, 9.17) is 4.74 Å². The highest BCUT2D eigenvalue weighted by atomic mass is 16.5. The Morgan fingerprint density at radius 2 is 1.42 bits per heavy atom. The fourth-order valence-corrected chi connectivity index (χ4v) is 3.90. The average molecular weight is 441 g/mol. The van der Waals surface area contributed by atoms with E-state index < -0.39 is 0 Å². The minimum absolute atomic E-state index is 0.0449. The zero-order valence-corrected chi connectivity index (χ0v) is 19.6. The van der Waals surface area contributed by atoms with E-state index in [2.05, 4.69) is 5.32 Å². The lowest BCUT2D eigenvalue weighted by atomic mass is 10.0. The molecule has 0 saturated carbocycles. The van der Waals surface area contributed by atoms with E-state index in [0.717, 1.165) is 22.4 Å². The molecule has 3 aromatic carbocycles. The maximum Gasteiger partial charge on any atom is 0.282 e. The summed E-state index contributed by atoms with van der Waals surface area (Å²) in [5.74, 6) is -0.0135. The maximum atomic E-state index is 13.6. The summed E-state index contributed by atoms with van der Waals surface area (Å²) in [4.78, 5) is 28.4. The highest BCUT2D eigenvalue weighted by Gasteiger charge is 2.40. The molecule has 2 amide bonds. The number of imide groups is 1. The minimum Gasteiger partial charge on any atom is -0.491 e. The number of carbonyl (C=O) groups is 2. The third-order valence-electron chi connectivity index (χ3n) is 5.53. The van der Waals surface area contributed by atoms with Gasteiger partial charge in [0.2, 0.25) is 0 Å². The van der Waals surface area contributed by atoms with Gasteiger partial charge in [-0.3, -0.25) is 9.59 Å². The number of hydrogen-bond acceptors (Lipinski definition) is 4. The zero-order valence-electron chi connectivity index (χ0n) is 19.6. The Labute approximate surface area is 194 Å². The summed E-state index contributed by atoms with van der Waals surface area (Å²) >= 11 is 0. The van der Waals surface area contributed by atoms with Crippen LogP contribution in [0.5, 0.6) is 5.75 Å². The molecule has 0 spiro atoms. The number of hydrogen-bond donors (Lipinski definition) is 1. The molecular formula is C28H28N2O3. The number of ether oxygens (including phenoxy) is 1. The Kier molecular flexibility index (Phi) is 6.05. The number of carbonyl (C=O) groups excluding carboxylic acids is 2. The van der Waals surface area contributed by atoms with Gasteiger partial charge in [-0.05, 0) is 76.1 Å². The van der Waals surface area contributed by atoms with Gasteiger partial charge in [0.25, 0.3) is 11.8 Å². The summed E-state index contributed by atoms with van der Waals surface area (Å²) < 4.78 is 5.74. The van der Waals surface area contributed by atoms with Crippen molar-refractivity contribution in [3.8, 4) is 5.75 Å². The van der Waals surface area contributed by atoms with Crippen molar-refractivity contribution in [3.05, 3.63) is 94.7 Å². The highest BCUT2D eigenvalue weighted by molar-refractivity contribution is 6.46. The summed E-state index contributed by atoms with van der Waals surface area (Å²) in [5.41, 5.74) is 5.79. The number of anilines is 2. The first-order valence-corrected chi connectivity index (χ1v) is 11.1. The van der Waals surface area contributed by atoms with Gasteiger partial charge in [-0.25, -0.2) is 4.90 Å². The third kappa shape index (κ3) is 4.53. The van der Waals surface area contributed by atoms with Crippen LogP contribution < -0.4 is 15.0 Å². The molecule has 4 rings (SSSR count). The normalized spacial score (nSPS) is 13.8. The first-order valence-electron chi connectivity index (χ1n) is 11.1. The number of rotatable bonds is 6. The van der Waals surface area contributed by atoms with Gasteiger partial charge in [0.15, 0.2) is 0 Å². The maximum absolute atomic E-state index is 13.6. The summed E-state index contributed by atoms with van der Waals surface area (Å²) in [5, 5.41) is 3.26. The van der Waals surface area contributed by atoms with Crippen molar-refractivity contribution in [2.24, 2.45) is 0 Å². The fourth-order valence-electron chi connectivity index (χ4n) is 3.90. The van der Waals surface area contributed by atoms with Crippen LogP contribution in [0, 0.1) is 20.8 Å². The van der Waals surface area contributed by atoms with Crippen molar-refractivity contribution in [3.63, 3.8) is 0 Å². The lowest BCUT2D eigenvalue weighted by Crippen LogP contribution is -2.32. The van der Waals surface area contributed by atoms with Gasteiger partial charge in [-0.2, -0.15) is 0 Å². The number of amides is 2. The van der Waals surface area contributed by atoms with Gasteiger partial charge >= 0.3 is 0 Å². The van der Waals surface area contributed by atoms with Gasteiger partial charge in [-0.15, -0.1) is 0 Å². The second kappa shape index (κ2) is 8.94. The van der Waals surface area contributed by atoms with Crippen LogP contribution in [0.15, 0.2) is 72.4 Å². The Morgan fingerprint density at radius 1 is 0.788 bits per heavy atom. The standard InChI is InChI=1S/C28H28N2O3/c1-17(2)33-23-13-9-21(10-14-23)25-26(29-24-15-8-19(4)16-20(24)5)28(32)30(27(25)31)22-11-6-18(3)7-12-22/h6-17,29H,1-5H3. The quantitative estimate of drug-likeness (QED) is 0.493. The first-order chi connectivity index (χ1) is 15.7. The topological polar surface area (TPSA) is 58.6 Å². The highest BCUT2D eigenvalue weighted by Crippen LogP contribution is 2.35. The molecule has 33 heavy (non-hydrogen) atoms. The molecule has 0 unspecified atom stereocenters. The predicted molar refractivity (Wildman–Crippen MR) is 132 cm³/mol. The Balaban J connectivity index is 1.79. The molecule has 0 fully saturated rings. The minimum atomic E-state index is -0.374. The Morgan fingerprint density at radius 3 is 2.03 bits per heavy atom. The Hall–Kier alpha value is -3.86. The van der Waals surface area contributed by atoms with Crippen LogP contribution in [0.1, 0.15) is 36.1 Å². The second-order valence-electron chi connectivity index (χ2n) is 8.67. The SMILES string of the molecule is Cc1ccc(N2C(=O)C(Nc3ccc(C)cc3C)=C(c3ccc(OC(C)C)cc3)C2=O)cc1. The number of benzene rings is 3. The van der Waals surface area contributed by atoms with E-state index in [9.17, 15) is 9.59 Å². The molecular weight excluding hydrogens is 412 g/mol. The first kappa shape index (κ1) is 22.3. The molecule has 0 bridgehead atoms. The second-order valence-corrected chi connectivity index (χ2v) is 8.67. The van der Waals surface area contributed by atoms with Gasteiger partial charge in [0.05, 0.1) is 17.4 Å². The van der Waals surface area contributed by atoms with Gasteiger partial charge in [0.1, 0.15) is 11.4 Å². The van der Waals surface area contributed by atoms with Crippen molar-refractivity contribution in [1.29, 1.82) is 0 Å². The lowest BCUT2D eigenvalue weighted by Gasteiger charge is -2.16. The lowest BCUT2D eigenvalue weighted by molar-refractivity contribution is -0.120. The molecule has 0 saturated heterocycles. The summed E-state index contributed by atoms with van der Waals surface area (Å²) in [7, 11) is 0. The molecule has 5 heteroatoms. The molecule has 0 radical (unpaired) electrons. The van der Waals surface area contributed by atoms with Crippen LogP contribution >= 0.6 is 0 Å². The van der Waals surface area contributed by atoms with Crippen LogP contribution in [0.4, 0.5) is 11.4 Å². The van der Waals surface area contributed by atoms with E-state index in [1.54, 1.807) is 12.1 Å². The molecule has 0 aliphatic carbocycles. The molecule has 168 valence electrons. The fraction of sp³-hybridized carbons (Fsp3) is 0.214. The van der Waals surface area contributed by atoms with E-state index in [1.807, 2.05) is 89.2 Å². The third-order valence-corrected chi connectivity index (χ3v) is 5.53. The predicted octanol–water partition coefficient (Wildman–Crippen LogP) is 5.80. The molecule has 3 aromatic rings. The number of nitrogens with zero attached hydrogens (tertiary/aromatic N) is 1. The zero-order chi connectivity index (χ0) is 23.7. The van der Waals surface area contributed by atoms with Crippen LogP contribution in [0.25, 0.3) is 5.57 Å². The van der Waals surface area contributed by atoms with Crippen molar-refractivity contribution in [2.75, 3.05) is 10.2 Å². The van der Waals surface area contributed by atoms with Crippen molar-refractivity contribution in [2.45, 2.75) is 40.7 Å². The van der Waals surface area contributed by atoms with E-state index in [1.165, 1.54) is 4.90 Å². The molecule has 5 nitrogen and oxygen atoms in total. The van der Waals surface area contributed by atoms with Gasteiger partial charge < -0.3 is 10.1 Å². The van der Waals surface area contributed by atoms with Gasteiger partial charge in [-0.1, -0.05) is 47.5 Å². The van der Waals surface area contributed by atoms with Crippen LogP contribution in [-0.4, -0.2) is 17.9 Å². The number of aryl methyl sites for hydroxylation is 3. The largest absolute Gasteiger partial charge is 0.491 e. The van der Waals surface area contributed by atoms with Crippen molar-refractivity contribution >= 4 is 28.8 Å². The molecule has 0 atom stereocenters. The van der Waals surface area contributed by atoms with E-state index >= 15 is 0 Å². The van der Waals surface area contributed by atoms with E-state index in [-0.39, 0.29) is 23.6 Å². The molecule has 1 aliphatic rings. The Bertz CT molecular complexity index is 1240. The van der Waals surface area contributed by atoms with E-state index in [0.29, 0.717) is 22.6 Å². The van der Waals surface area contributed by atoms with Crippen LogP contribution in [0.2, 0.25) is 0 Å². The average Bonchev–Trinajstić information content (AvgIpc) is 3.00. The smallest absolute Gasteiger partial charge is 0.282 e. The molecule has 1 heterocycles. The number of nitrogens with one attached hydrogen (secondary N) is 1. The van der Waals surface area contributed by atoms with Crippen LogP contribution in [0.3, 0.4) is 0 Å².